The average Bonchev–Trinajstić information content (AvgIpc) is 2.38. The minimum absolute atomic E-state index is 0.484. The SMILES string of the molecule is Cc1cc(-c2ccc(C(C)C)cc2)cnc1C(C)C. The smallest absolute Gasteiger partial charge is 0.0458 e. The molecule has 1 heterocycles. The molecule has 0 saturated heterocycles. The van der Waals surface area contributed by atoms with Crippen molar-refractivity contribution in [2.24, 2.45) is 0 Å². The van der Waals surface area contributed by atoms with Crippen LogP contribution in [0.25, 0.3) is 11.1 Å². The summed E-state index contributed by atoms with van der Waals surface area (Å²) in [6.07, 6.45) is 1.99. The minimum Gasteiger partial charge on any atom is -0.260 e. The van der Waals surface area contributed by atoms with Gasteiger partial charge in [-0.05, 0) is 41.5 Å². The summed E-state index contributed by atoms with van der Waals surface area (Å²) >= 11 is 0. The van der Waals surface area contributed by atoms with E-state index in [1.54, 1.807) is 0 Å². The molecule has 0 aliphatic heterocycles. The van der Waals surface area contributed by atoms with E-state index in [1.807, 2.05) is 6.20 Å². The van der Waals surface area contributed by atoms with Crippen molar-refractivity contribution >= 4 is 0 Å². The zero-order chi connectivity index (χ0) is 14.0. The van der Waals surface area contributed by atoms with Gasteiger partial charge in [0.05, 0.1) is 0 Å². The Morgan fingerprint density at radius 3 is 1.95 bits per heavy atom. The lowest BCUT2D eigenvalue weighted by atomic mass is 9.97. The lowest BCUT2D eigenvalue weighted by Gasteiger charge is -2.11. The molecule has 0 bridgehead atoms. The van der Waals surface area contributed by atoms with E-state index in [1.165, 1.54) is 27.9 Å². The van der Waals surface area contributed by atoms with Crippen LogP contribution in [0.15, 0.2) is 36.5 Å². The molecule has 0 N–H and O–H groups in total. The maximum atomic E-state index is 4.61. The third-order valence-electron chi connectivity index (χ3n) is 3.58. The number of hydrogen-bond donors (Lipinski definition) is 0. The molecular formula is C18H23N. The van der Waals surface area contributed by atoms with Crippen LogP contribution in [0.1, 0.15) is 56.4 Å². The quantitative estimate of drug-likeness (QED) is 0.723. The molecule has 0 unspecified atom stereocenters. The predicted molar refractivity (Wildman–Crippen MR) is 82.6 cm³/mol. The van der Waals surface area contributed by atoms with Crippen LogP contribution in [0.4, 0.5) is 0 Å². The number of aryl methyl sites for hydroxylation is 1. The van der Waals surface area contributed by atoms with Crippen LogP contribution in [0.2, 0.25) is 0 Å². The van der Waals surface area contributed by atoms with Crippen molar-refractivity contribution in [3.63, 3.8) is 0 Å². The molecule has 0 aliphatic rings. The summed E-state index contributed by atoms with van der Waals surface area (Å²) in [5.74, 6) is 1.06. The molecule has 1 nitrogen and oxygen atoms in total. The number of pyridine rings is 1. The molecule has 0 spiro atoms. The second-order valence-corrected chi connectivity index (χ2v) is 5.86. The van der Waals surface area contributed by atoms with Gasteiger partial charge in [-0.1, -0.05) is 52.0 Å². The Labute approximate surface area is 116 Å². The Morgan fingerprint density at radius 1 is 0.842 bits per heavy atom. The van der Waals surface area contributed by atoms with E-state index in [0.29, 0.717) is 11.8 Å². The van der Waals surface area contributed by atoms with Crippen LogP contribution < -0.4 is 0 Å². The van der Waals surface area contributed by atoms with Crippen molar-refractivity contribution in [2.45, 2.75) is 46.5 Å². The first-order valence-corrected chi connectivity index (χ1v) is 7.06. The summed E-state index contributed by atoms with van der Waals surface area (Å²) in [4.78, 5) is 4.61. The average molecular weight is 253 g/mol. The fourth-order valence-corrected chi connectivity index (χ4v) is 2.41. The van der Waals surface area contributed by atoms with E-state index in [4.69, 9.17) is 0 Å². The lowest BCUT2D eigenvalue weighted by molar-refractivity contribution is 0.812. The van der Waals surface area contributed by atoms with E-state index in [-0.39, 0.29) is 0 Å². The Kier molecular flexibility index (Phi) is 4.04. The molecular weight excluding hydrogens is 230 g/mol. The first kappa shape index (κ1) is 13.8. The van der Waals surface area contributed by atoms with Gasteiger partial charge in [0.1, 0.15) is 0 Å². The van der Waals surface area contributed by atoms with E-state index in [9.17, 15) is 0 Å². The van der Waals surface area contributed by atoms with Gasteiger partial charge >= 0.3 is 0 Å². The van der Waals surface area contributed by atoms with Crippen molar-refractivity contribution in [1.82, 2.24) is 4.98 Å². The fraction of sp³-hybridized carbons (Fsp3) is 0.389. The molecule has 0 radical (unpaired) electrons. The van der Waals surface area contributed by atoms with E-state index in [0.717, 1.165) is 0 Å². The van der Waals surface area contributed by atoms with Gasteiger partial charge in [0.25, 0.3) is 0 Å². The van der Waals surface area contributed by atoms with Crippen LogP contribution in [0.5, 0.6) is 0 Å². The fourth-order valence-electron chi connectivity index (χ4n) is 2.41. The Bertz CT molecular complexity index is 550. The maximum Gasteiger partial charge on any atom is 0.0458 e. The second-order valence-electron chi connectivity index (χ2n) is 5.86. The molecule has 0 amide bonds. The summed E-state index contributed by atoms with van der Waals surface area (Å²) in [5, 5.41) is 0. The molecule has 0 saturated carbocycles. The first-order chi connectivity index (χ1) is 8.99. The van der Waals surface area contributed by atoms with Crippen LogP contribution >= 0.6 is 0 Å². The van der Waals surface area contributed by atoms with E-state index >= 15 is 0 Å². The van der Waals surface area contributed by atoms with Gasteiger partial charge in [-0.15, -0.1) is 0 Å². The van der Waals surface area contributed by atoms with Gasteiger partial charge in [-0.2, -0.15) is 0 Å². The summed E-state index contributed by atoms with van der Waals surface area (Å²) in [7, 11) is 0. The molecule has 1 heteroatoms. The van der Waals surface area contributed by atoms with Crippen LogP contribution in [0.3, 0.4) is 0 Å². The van der Waals surface area contributed by atoms with Crippen molar-refractivity contribution < 1.29 is 0 Å². The van der Waals surface area contributed by atoms with Gasteiger partial charge in [0, 0.05) is 17.5 Å². The van der Waals surface area contributed by atoms with E-state index < -0.39 is 0 Å². The highest BCUT2D eigenvalue weighted by atomic mass is 14.7. The molecule has 0 aliphatic carbocycles. The highest BCUT2D eigenvalue weighted by Gasteiger charge is 2.07. The molecule has 2 rings (SSSR count). The Morgan fingerprint density at radius 2 is 1.47 bits per heavy atom. The topological polar surface area (TPSA) is 12.9 Å². The number of aromatic nitrogens is 1. The monoisotopic (exact) mass is 253 g/mol. The first-order valence-electron chi connectivity index (χ1n) is 7.06. The highest BCUT2D eigenvalue weighted by Crippen LogP contribution is 2.25. The van der Waals surface area contributed by atoms with Gasteiger partial charge < -0.3 is 0 Å². The second kappa shape index (κ2) is 5.56. The summed E-state index contributed by atoms with van der Waals surface area (Å²) in [6, 6.07) is 11.1. The molecule has 2 aromatic rings. The highest BCUT2D eigenvalue weighted by molar-refractivity contribution is 5.64. The number of benzene rings is 1. The van der Waals surface area contributed by atoms with Gasteiger partial charge in [-0.3, -0.25) is 4.98 Å². The van der Waals surface area contributed by atoms with Crippen LogP contribution in [-0.4, -0.2) is 4.98 Å². The van der Waals surface area contributed by atoms with Crippen molar-refractivity contribution in [3.8, 4) is 11.1 Å². The maximum absolute atomic E-state index is 4.61. The van der Waals surface area contributed by atoms with Gasteiger partial charge in [0.2, 0.25) is 0 Å². The van der Waals surface area contributed by atoms with Crippen LogP contribution in [-0.2, 0) is 0 Å². The van der Waals surface area contributed by atoms with E-state index in [2.05, 4.69) is 69.9 Å². The molecule has 0 atom stereocenters. The van der Waals surface area contributed by atoms with Crippen molar-refractivity contribution in [3.05, 3.63) is 53.3 Å². The zero-order valence-electron chi connectivity index (χ0n) is 12.6. The molecule has 1 aromatic heterocycles. The van der Waals surface area contributed by atoms with Crippen molar-refractivity contribution in [1.29, 1.82) is 0 Å². The normalized spacial score (nSPS) is 11.3. The Balaban J connectivity index is 2.34. The summed E-state index contributed by atoms with van der Waals surface area (Å²) < 4.78 is 0. The molecule has 1 aromatic carbocycles. The molecule has 0 fully saturated rings. The summed E-state index contributed by atoms with van der Waals surface area (Å²) in [5.41, 5.74) is 6.31. The lowest BCUT2D eigenvalue weighted by Crippen LogP contribution is -1.97. The molecule has 19 heavy (non-hydrogen) atoms. The van der Waals surface area contributed by atoms with Gasteiger partial charge in [-0.25, -0.2) is 0 Å². The standard InChI is InChI=1S/C18H23N/c1-12(2)15-6-8-16(9-7-15)17-10-14(5)18(13(3)4)19-11-17/h6-13H,1-5H3. The zero-order valence-corrected chi connectivity index (χ0v) is 12.6. The number of hydrogen-bond acceptors (Lipinski definition) is 1. The summed E-state index contributed by atoms with van der Waals surface area (Å²) in [6.45, 7) is 11.0. The largest absolute Gasteiger partial charge is 0.260 e. The third-order valence-corrected chi connectivity index (χ3v) is 3.58. The minimum atomic E-state index is 0.484. The third kappa shape index (κ3) is 3.04. The number of rotatable bonds is 3. The van der Waals surface area contributed by atoms with Crippen LogP contribution in [0, 0.1) is 6.92 Å². The predicted octanol–water partition coefficient (Wildman–Crippen LogP) is 5.30. The van der Waals surface area contributed by atoms with Gasteiger partial charge in [0.15, 0.2) is 0 Å². The van der Waals surface area contributed by atoms with Crippen molar-refractivity contribution in [2.75, 3.05) is 0 Å². The number of nitrogens with zero attached hydrogens (tertiary/aromatic N) is 1. The Hall–Kier alpha value is -1.63. The molecule has 100 valence electrons.